The van der Waals surface area contributed by atoms with Crippen LogP contribution in [0.15, 0.2) is 54.9 Å². The molecular formula is C35H35ClN8O4. The number of aromatic nitrogens is 3. The van der Waals surface area contributed by atoms with E-state index < -0.39 is 23.8 Å². The van der Waals surface area contributed by atoms with Crippen molar-refractivity contribution in [3.8, 4) is 11.3 Å². The van der Waals surface area contributed by atoms with Crippen LogP contribution in [0.5, 0.6) is 0 Å². The topological polar surface area (TPSA) is 144 Å². The second kappa shape index (κ2) is 12.3. The lowest BCUT2D eigenvalue weighted by Crippen LogP contribution is -2.54. The number of para-hydroxylation sites is 1. The van der Waals surface area contributed by atoms with Crippen LogP contribution in [0.2, 0.25) is 5.02 Å². The lowest BCUT2D eigenvalue weighted by molar-refractivity contribution is -0.136. The Bertz CT molecular complexity index is 1950. The fourth-order valence-electron chi connectivity index (χ4n) is 7.59. The van der Waals surface area contributed by atoms with E-state index >= 15 is 0 Å². The Hall–Kier alpha value is -4.81. The van der Waals surface area contributed by atoms with Crippen LogP contribution in [0.25, 0.3) is 22.2 Å². The van der Waals surface area contributed by atoms with Gasteiger partial charge in [-0.2, -0.15) is 0 Å². The highest BCUT2D eigenvalue weighted by Crippen LogP contribution is 2.34. The minimum Gasteiger partial charge on any atom is -0.371 e. The zero-order chi connectivity index (χ0) is 32.9. The van der Waals surface area contributed by atoms with E-state index in [0.717, 1.165) is 79.0 Å². The van der Waals surface area contributed by atoms with Gasteiger partial charge >= 0.3 is 0 Å². The average Bonchev–Trinajstić information content (AvgIpc) is 3.79. The lowest BCUT2D eigenvalue weighted by atomic mass is 9.95. The zero-order valence-electron chi connectivity index (χ0n) is 26.2. The van der Waals surface area contributed by atoms with Crippen LogP contribution in [0.4, 0.5) is 11.6 Å². The minimum atomic E-state index is -0.962. The molecule has 48 heavy (non-hydrogen) atoms. The van der Waals surface area contributed by atoms with Crippen LogP contribution in [0.1, 0.15) is 52.8 Å². The second-order valence-electron chi connectivity index (χ2n) is 13.1. The number of nitrogens with one attached hydrogen (secondary N) is 3. The Morgan fingerprint density at radius 3 is 2.56 bits per heavy atom. The number of benzene rings is 2. The molecule has 0 saturated carbocycles. The van der Waals surface area contributed by atoms with Gasteiger partial charge in [0.15, 0.2) is 0 Å². The van der Waals surface area contributed by atoms with Crippen molar-refractivity contribution in [2.45, 2.75) is 44.2 Å². The van der Waals surface area contributed by atoms with Gasteiger partial charge in [0, 0.05) is 73.5 Å². The molecule has 8 rings (SSSR count). The molecule has 2 aromatic carbocycles. The van der Waals surface area contributed by atoms with Gasteiger partial charge in [-0.3, -0.25) is 29.4 Å². The first-order chi connectivity index (χ1) is 23.3. The molecule has 4 amide bonds. The Labute approximate surface area is 281 Å². The molecule has 2 unspecified atom stereocenters. The summed E-state index contributed by atoms with van der Waals surface area (Å²) < 4.78 is 0. The predicted octanol–water partition coefficient (Wildman–Crippen LogP) is 4.08. The van der Waals surface area contributed by atoms with Crippen molar-refractivity contribution in [1.29, 1.82) is 0 Å². The molecule has 4 aromatic rings. The molecule has 6 heterocycles. The fraction of sp³-hybridized carbons (Fsp3) is 0.371. The first kappa shape index (κ1) is 30.5. The van der Waals surface area contributed by atoms with E-state index in [1.165, 1.54) is 0 Å². The van der Waals surface area contributed by atoms with Crippen molar-refractivity contribution < 1.29 is 19.2 Å². The van der Waals surface area contributed by atoms with Gasteiger partial charge in [0.2, 0.25) is 17.8 Å². The summed E-state index contributed by atoms with van der Waals surface area (Å²) in [5.74, 6) is -0.807. The Morgan fingerprint density at radius 1 is 0.917 bits per heavy atom. The third-order valence-corrected chi connectivity index (χ3v) is 10.4. The molecule has 3 saturated heterocycles. The highest BCUT2D eigenvalue weighted by atomic mass is 35.5. The van der Waals surface area contributed by atoms with Gasteiger partial charge in [0.1, 0.15) is 6.04 Å². The van der Waals surface area contributed by atoms with Gasteiger partial charge in [0.05, 0.1) is 28.0 Å². The van der Waals surface area contributed by atoms with E-state index in [9.17, 15) is 19.2 Å². The molecule has 0 spiro atoms. The van der Waals surface area contributed by atoms with Crippen molar-refractivity contribution in [2.75, 3.05) is 42.9 Å². The molecular weight excluding hydrogens is 632 g/mol. The number of likely N-dealkylation sites (tertiary alicyclic amines) is 1. The highest BCUT2D eigenvalue weighted by molar-refractivity contribution is 6.33. The van der Waals surface area contributed by atoms with Crippen LogP contribution in [-0.4, -0.2) is 93.2 Å². The number of nitrogens with zero attached hydrogens (tertiary/aromatic N) is 5. The van der Waals surface area contributed by atoms with E-state index in [2.05, 4.69) is 36.5 Å². The van der Waals surface area contributed by atoms with Crippen molar-refractivity contribution >= 4 is 57.8 Å². The largest absolute Gasteiger partial charge is 0.371 e. The number of rotatable bonds is 7. The molecule has 12 nitrogen and oxygen atoms in total. The summed E-state index contributed by atoms with van der Waals surface area (Å²) in [5, 5.41) is 7.36. The van der Waals surface area contributed by atoms with Crippen molar-refractivity contribution in [3.05, 3.63) is 71.0 Å². The standard InChI is InChI=1S/C35H35ClN8O4/c36-27-17-38-35(41-31(27)26-16-37-28-4-2-1-3-23(26)28)39-21-11-12-42(19-21)18-20-9-13-43(14-10-20)22-5-6-24-25(15-22)34(48)44(33(24)47)29-7-8-30(45)40-32(29)46/h1-6,15-17,20-21,29,37H,7-14,18-19H2,(H,38,39,41)(H,40,45,46). The molecule has 246 valence electrons. The Morgan fingerprint density at radius 2 is 1.73 bits per heavy atom. The molecule has 0 aliphatic carbocycles. The summed E-state index contributed by atoms with van der Waals surface area (Å²) in [4.78, 5) is 68.7. The molecule has 13 heteroatoms. The molecule has 4 aliphatic rings. The molecule has 0 bridgehead atoms. The van der Waals surface area contributed by atoms with Gasteiger partial charge in [-0.05, 0) is 55.9 Å². The second-order valence-corrected chi connectivity index (χ2v) is 13.5. The molecule has 3 fully saturated rings. The van der Waals surface area contributed by atoms with Crippen molar-refractivity contribution in [1.82, 2.24) is 30.1 Å². The molecule has 3 N–H and O–H groups in total. The fourth-order valence-corrected chi connectivity index (χ4v) is 7.78. The minimum absolute atomic E-state index is 0.0999. The number of imide groups is 2. The predicted molar refractivity (Wildman–Crippen MR) is 181 cm³/mol. The van der Waals surface area contributed by atoms with Gasteiger partial charge in [0.25, 0.3) is 11.8 Å². The normalized spacial score (nSPS) is 22.1. The quantitative estimate of drug-likeness (QED) is 0.249. The molecule has 0 radical (unpaired) electrons. The number of anilines is 2. The summed E-state index contributed by atoms with van der Waals surface area (Å²) in [6, 6.07) is 12.7. The molecule has 4 aliphatic heterocycles. The number of hydrogen-bond acceptors (Lipinski definition) is 9. The zero-order valence-corrected chi connectivity index (χ0v) is 27.0. The summed E-state index contributed by atoms with van der Waals surface area (Å²) >= 11 is 6.54. The SMILES string of the molecule is O=C1CCC(N2C(=O)c3ccc(N4CCC(CN5CCC(Nc6ncc(Cl)c(-c7c[nH]c8ccccc78)n6)C5)CC4)cc3C2=O)C(=O)N1. The van der Waals surface area contributed by atoms with Crippen LogP contribution >= 0.6 is 11.6 Å². The third kappa shape index (κ3) is 5.58. The van der Waals surface area contributed by atoms with Gasteiger partial charge in [-0.15, -0.1) is 0 Å². The maximum absolute atomic E-state index is 13.3. The van der Waals surface area contributed by atoms with E-state index in [0.29, 0.717) is 33.7 Å². The molecule has 2 aromatic heterocycles. The number of amides is 4. The summed E-state index contributed by atoms with van der Waals surface area (Å²) in [6.07, 6.45) is 6.90. The first-order valence-corrected chi connectivity index (χ1v) is 16.9. The van der Waals surface area contributed by atoms with E-state index in [1.807, 2.05) is 30.5 Å². The number of carbonyl (C=O) groups excluding carboxylic acids is 4. The maximum atomic E-state index is 13.3. The Balaban J connectivity index is 0.853. The number of halogens is 1. The summed E-state index contributed by atoms with van der Waals surface area (Å²) in [7, 11) is 0. The van der Waals surface area contributed by atoms with Gasteiger partial charge < -0.3 is 20.1 Å². The Kier molecular flexibility index (Phi) is 7.84. The van der Waals surface area contributed by atoms with Crippen LogP contribution in [0, 0.1) is 5.92 Å². The van der Waals surface area contributed by atoms with Gasteiger partial charge in [-0.25, -0.2) is 9.97 Å². The van der Waals surface area contributed by atoms with E-state index in [4.69, 9.17) is 16.6 Å². The van der Waals surface area contributed by atoms with Crippen molar-refractivity contribution in [2.24, 2.45) is 5.92 Å². The van der Waals surface area contributed by atoms with E-state index in [-0.39, 0.29) is 24.8 Å². The number of piperidine rings is 2. The third-order valence-electron chi connectivity index (χ3n) is 10.1. The number of hydrogen-bond donors (Lipinski definition) is 3. The van der Waals surface area contributed by atoms with E-state index in [1.54, 1.807) is 18.3 Å². The highest BCUT2D eigenvalue weighted by Gasteiger charge is 2.45. The maximum Gasteiger partial charge on any atom is 0.262 e. The lowest BCUT2D eigenvalue weighted by Gasteiger charge is -2.35. The number of fused-ring (bicyclic) bond motifs is 2. The number of H-pyrrole nitrogens is 1. The van der Waals surface area contributed by atoms with Crippen LogP contribution in [0.3, 0.4) is 0 Å². The average molecular weight is 667 g/mol. The van der Waals surface area contributed by atoms with Gasteiger partial charge in [-0.1, -0.05) is 29.8 Å². The monoisotopic (exact) mass is 666 g/mol. The first-order valence-electron chi connectivity index (χ1n) is 16.5. The smallest absolute Gasteiger partial charge is 0.262 e. The summed E-state index contributed by atoms with van der Waals surface area (Å²) in [5.41, 5.74) is 4.22. The number of carbonyl (C=O) groups is 4. The van der Waals surface area contributed by atoms with Crippen LogP contribution in [-0.2, 0) is 9.59 Å². The van der Waals surface area contributed by atoms with Crippen molar-refractivity contribution in [3.63, 3.8) is 0 Å². The van der Waals surface area contributed by atoms with Crippen LogP contribution < -0.4 is 15.5 Å². The molecule has 2 atom stereocenters. The summed E-state index contributed by atoms with van der Waals surface area (Å²) in [6.45, 7) is 4.65. The number of aromatic amines is 1.